The molecule has 1 saturated heterocycles. The quantitative estimate of drug-likeness (QED) is 0.303. The third-order valence-electron chi connectivity index (χ3n) is 5.34. The summed E-state index contributed by atoms with van der Waals surface area (Å²) in [6.07, 6.45) is 0. The lowest BCUT2D eigenvalue weighted by atomic mass is 9.93. The van der Waals surface area contributed by atoms with Crippen LogP contribution < -0.4 is 4.90 Å². The Morgan fingerprint density at radius 1 is 1.10 bits per heavy atom. The van der Waals surface area contributed by atoms with Crippen LogP contribution in [0.15, 0.2) is 69.2 Å². The summed E-state index contributed by atoms with van der Waals surface area (Å²) in [5.41, 5.74) is 2.29. The maximum Gasteiger partial charge on any atom is 0.301 e. The first-order valence-electron chi connectivity index (χ1n) is 9.88. The first-order valence-corrected chi connectivity index (χ1v) is 10.7. The van der Waals surface area contributed by atoms with Crippen LogP contribution in [0.1, 0.15) is 48.3 Å². The van der Waals surface area contributed by atoms with Crippen molar-refractivity contribution in [3.63, 3.8) is 0 Å². The zero-order chi connectivity index (χ0) is 22.3. The molecule has 0 aliphatic carbocycles. The first-order chi connectivity index (χ1) is 14.8. The van der Waals surface area contributed by atoms with Gasteiger partial charge >= 0.3 is 5.91 Å². The van der Waals surface area contributed by atoms with E-state index >= 15 is 0 Å². The summed E-state index contributed by atoms with van der Waals surface area (Å²) >= 11 is 3.36. The van der Waals surface area contributed by atoms with Crippen molar-refractivity contribution in [2.45, 2.75) is 32.7 Å². The van der Waals surface area contributed by atoms with E-state index in [4.69, 9.17) is 4.52 Å². The normalized spacial score (nSPS) is 18.2. The van der Waals surface area contributed by atoms with Crippen molar-refractivity contribution in [3.05, 3.63) is 87.1 Å². The van der Waals surface area contributed by atoms with Crippen LogP contribution >= 0.6 is 15.9 Å². The highest BCUT2D eigenvalue weighted by atomic mass is 79.9. The van der Waals surface area contributed by atoms with E-state index in [-0.39, 0.29) is 17.2 Å². The Hall–Kier alpha value is -3.19. The number of nitrogens with zero attached hydrogens (tertiary/aromatic N) is 2. The number of hydrogen-bond donors (Lipinski definition) is 1. The lowest BCUT2D eigenvalue weighted by Gasteiger charge is -2.23. The minimum atomic E-state index is -0.825. The Bertz CT molecular complexity index is 1180. The average Bonchev–Trinajstić information content (AvgIpc) is 3.29. The number of benzene rings is 2. The molecule has 7 heteroatoms. The smallest absolute Gasteiger partial charge is 0.301 e. The van der Waals surface area contributed by atoms with Crippen molar-refractivity contribution in [1.29, 1.82) is 0 Å². The number of carbonyl (C=O) groups excluding carboxylic acids is 2. The maximum atomic E-state index is 13.1. The molecule has 3 aromatic rings. The molecular formula is C24H21BrN2O4. The van der Waals surface area contributed by atoms with Crippen LogP contribution in [0.5, 0.6) is 0 Å². The molecule has 1 amide bonds. The molecule has 1 fully saturated rings. The van der Waals surface area contributed by atoms with Gasteiger partial charge in [-0.25, -0.2) is 0 Å². The summed E-state index contributed by atoms with van der Waals surface area (Å²) < 4.78 is 5.99. The lowest BCUT2D eigenvalue weighted by molar-refractivity contribution is -0.132. The fraction of sp³-hybridized carbons (Fsp3) is 0.208. The number of Topliss-reactive ketones (excluding diaryl/α,β-unsaturated/α-hetero) is 1. The highest BCUT2D eigenvalue weighted by Gasteiger charge is 2.48. The maximum absolute atomic E-state index is 13.1. The van der Waals surface area contributed by atoms with Crippen molar-refractivity contribution in [1.82, 2.24) is 5.16 Å². The molecule has 158 valence electrons. The van der Waals surface area contributed by atoms with E-state index in [1.165, 1.54) is 4.90 Å². The first kappa shape index (κ1) is 21.1. The molecular weight excluding hydrogens is 460 g/mol. The molecule has 1 aromatic heterocycles. The molecule has 0 spiro atoms. The Morgan fingerprint density at radius 2 is 1.74 bits per heavy atom. The van der Waals surface area contributed by atoms with Crippen molar-refractivity contribution < 1.29 is 19.2 Å². The topological polar surface area (TPSA) is 83.6 Å². The van der Waals surface area contributed by atoms with E-state index in [0.29, 0.717) is 22.8 Å². The number of halogens is 1. The van der Waals surface area contributed by atoms with Crippen LogP contribution in [0, 0.1) is 6.92 Å². The number of ketones is 1. The molecule has 2 aromatic carbocycles. The van der Waals surface area contributed by atoms with Crippen molar-refractivity contribution in [2.24, 2.45) is 0 Å². The zero-order valence-electron chi connectivity index (χ0n) is 17.3. The van der Waals surface area contributed by atoms with E-state index in [0.717, 1.165) is 10.0 Å². The number of carbonyl (C=O) groups is 2. The summed E-state index contributed by atoms with van der Waals surface area (Å²) in [7, 11) is 0. The fourth-order valence-corrected chi connectivity index (χ4v) is 3.94. The average molecular weight is 481 g/mol. The van der Waals surface area contributed by atoms with Gasteiger partial charge < -0.3 is 9.63 Å². The number of hydrogen-bond acceptors (Lipinski definition) is 5. The molecule has 2 heterocycles. The monoisotopic (exact) mass is 480 g/mol. The summed E-state index contributed by atoms with van der Waals surface area (Å²) in [5, 5.41) is 15.0. The number of rotatable bonds is 4. The molecule has 31 heavy (non-hydrogen) atoms. The molecule has 6 nitrogen and oxygen atoms in total. The second-order valence-electron chi connectivity index (χ2n) is 7.79. The number of aryl methyl sites for hydroxylation is 1. The van der Waals surface area contributed by atoms with Crippen molar-refractivity contribution in [3.8, 4) is 0 Å². The van der Waals surface area contributed by atoms with Crippen molar-refractivity contribution in [2.75, 3.05) is 4.90 Å². The van der Waals surface area contributed by atoms with Gasteiger partial charge in [-0.15, -0.1) is 0 Å². The Morgan fingerprint density at radius 3 is 2.29 bits per heavy atom. The van der Waals surface area contributed by atoms with Gasteiger partial charge in [0.1, 0.15) is 11.5 Å². The van der Waals surface area contributed by atoms with E-state index in [1.54, 1.807) is 37.3 Å². The van der Waals surface area contributed by atoms with E-state index in [9.17, 15) is 14.7 Å². The van der Waals surface area contributed by atoms with Gasteiger partial charge in [0.2, 0.25) is 0 Å². The van der Waals surface area contributed by atoms with Gasteiger partial charge in [0, 0.05) is 16.1 Å². The Labute approximate surface area is 188 Å². The molecule has 1 atom stereocenters. The largest absolute Gasteiger partial charge is 0.507 e. The van der Waals surface area contributed by atoms with Gasteiger partial charge in [-0.2, -0.15) is 0 Å². The summed E-state index contributed by atoms with van der Waals surface area (Å²) in [4.78, 5) is 27.4. The van der Waals surface area contributed by atoms with E-state index in [2.05, 4.69) is 34.9 Å². The lowest BCUT2D eigenvalue weighted by Crippen LogP contribution is -2.29. The fourth-order valence-electron chi connectivity index (χ4n) is 3.68. The molecule has 4 rings (SSSR count). The molecule has 0 bridgehead atoms. The number of aliphatic hydroxyl groups is 1. The van der Waals surface area contributed by atoms with Crippen molar-refractivity contribution >= 4 is 39.2 Å². The second-order valence-corrected chi connectivity index (χ2v) is 8.71. The second kappa shape index (κ2) is 8.15. The van der Waals surface area contributed by atoms with Crippen LogP contribution in [0.3, 0.4) is 0 Å². The number of aliphatic hydroxyl groups excluding tert-OH is 1. The molecule has 1 N–H and O–H groups in total. The van der Waals surface area contributed by atoms with Gasteiger partial charge in [-0.05, 0) is 36.1 Å². The number of anilines is 1. The van der Waals surface area contributed by atoms with Gasteiger partial charge in [0.15, 0.2) is 5.82 Å². The third kappa shape index (κ3) is 3.81. The summed E-state index contributed by atoms with van der Waals surface area (Å²) in [6.45, 7) is 5.89. The zero-order valence-corrected chi connectivity index (χ0v) is 18.9. The van der Waals surface area contributed by atoms with Crippen LogP contribution in [0.4, 0.5) is 5.82 Å². The van der Waals surface area contributed by atoms with Crippen LogP contribution in [0.25, 0.3) is 5.76 Å². The summed E-state index contributed by atoms with van der Waals surface area (Å²) in [6, 6.07) is 15.4. The van der Waals surface area contributed by atoms with Crippen LogP contribution in [0.2, 0.25) is 0 Å². The SMILES string of the molecule is Cc1cc(N2C(=O)C(=O)C(=C(O)c3ccc(Br)cc3)[C@H]2c2ccc(C(C)C)cc2)no1. The highest BCUT2D eigenvalue weighted by molar-refractivity contribution is 9.10. The third-order valence-corrected chi connectivity index (χ3v) is 5.87. The van der Waals surface area contributed by atoms with Crippen LogP contribution in [-0.2, 0) is 9.59 Å². The molecule has 1 aliphatic heterocycles. The van der Waals surface area contributed by atoms with E-state index in [1.807, 2.05) is 24.3 Å². The predicted octanol–water partition coefficient (Wildman–Crippen LogP) is 5.50. The molecule has 0 radical (unpaired) electrons. The van der Waals surface area contributed by atoms with Gasteiger partial charge in [0.25, 0.3) is 5.78 Å². The molecule has 0 saturated carbocycles. The minimum Gasteiger partial charge on any atom is -0.507 e. The van der Waals surface area contributed by atoms with Gasteiger partial charge in [-0.3, -0.25) is 14.5 Å². The van der Waals surface area contributed by atoms with Crippen LogP contribution in [-0.4, -0.2) is 22.0 Å². The number of amides is 1. The highest BCUT2D eigenvalue weighted by Crippen LogP contribution is 2.42. The minimum absolute atomic E-state index is 0.0188. The van der Waals surface area contributed by atoms with Gasteiger partial charge in [-0.1, -0.05) is 71.3 Å². The summed E-state index contributed by atoms with van der Waals surface area (Å²) in [5.74, 6) is -0.678. The number of aromatic nitrogens is 1. The van der Waals surface area contributed by atoms with E-state index < -0.39 is 17.7 Å². The molecule has 0 unspecified atom stereocenters. The Balaban J connectivity index is 1.91. The molecule has 1 aliphatic rings. The predicted molar refractivity (Wildman–Crippen MR) is 121 cm³/mol. The standard InChI is InChI=1S/C24H21BrN2O4/c1-13(2)15-4-6-16(7-5-15)21-20(22(28)17-8-10-18(25)11-9-17)23(29)24(30)27(21)19-12-14(3)31-26-19/h4-13,21,28H,1-3H3/t21-/m1/s1. The Kier molecular flexibility index (Phi) is 5.54. The van der Waals surface area contributed by atoms with Gasteiger partial charge in [0.05, 0.1) is 11.6 Å².